The van der Waals surface area contributed by atoms with Crippen molar-refractivity contribution in [3.05, 3.63) is 42.5 Å². The van der Waals surface area contributed by atoms with Crippen LogP contribution in [0.15, 0.2) is 42.5 Å². The summed E-state index contributed by atoms with van der Waals surface area (Å²) in [5, 5.41) is 3.09. The molecule has 130 valence electrons. The Morgan fingerprint density at radius 3 is 2.54 bits per heavy atom. The van der Waals surface area contributed by atoms with Crippen molar-refractivity contribution in [1.29, 1.82) is 0 Å². The lowest BCUT2D eigenvalue weighted by Gasteiger charge is -2.25. The first-order valence-corrected chi connectivity index (χ1v) is 10.5. The fourth-order valence-corrected chi connectivity index (χ4v) is 5.05. The molecule has 24 heavy (non-hydrogen) atoms. The first kappa shape index (κ1) is 18.6. The number of esters is 1. The molecule has 0 amide bonds. The van der Waals surface area contributed by atoms with Crippen LogP contribution in [0.5, 0.6) is 0 Å². The SMILES string of the molecule is CCO[Si](O)(CCCOC(=O)C(C)C)c1ccc2ccccc2c1. The first-order chi connectivity index (χ1) is 11.5. The fourth-order valence-electron chi connectivity index (χ4n) is 2.62. The van der Waals surface area contributed by atoms with E-state index in [1.165, 1.54) is 0 Å². The molecule has 4 nitrogen and oxygen atoms in total. The third kappa shape index (κ3) is 4.66. The number of carbonyl (C=O) groups is 1. The van der Waals surface area contributed by atoms with Gasteiger partial charge >= 0.3 is 14.5 Å². The van der Waals surface area contributed by atoms with Crippen molar-refractivity contribution in [3.8, 4) is 0 Å². The van der Waals surface area contributed by atoms with E-state index in [-0.39, 0.29) is 11.9 Å². The van der Waals surface area contributed by atoms with E-state index < -0.39 is 8.56 Å². The number of carbonyl (C=O) groups excluding carboxylic acids is 1. The molecule has 0 saturated carbocycles. The summed E-state index contributed by atoms with van der Waals surface area (Å²) in [5.41, 5.74) is 0. The summed E-state index contributed by atoms with van der Waals surface area (Å²) in [6.07, 6.45) is 0.591. The summed E-state index contributed by atoms with van der Waals surface area (Å²) in [7, 11) is -3.03. The maximum atomic E-state index is 11.5. The summed E-state index contributed by atoms with van der Waals surface area (Å²) in [6, 6.07) is 14.5. The van der Waals surface area contributed by atoms with Gasteiger partial charge in [0.15, 0.2) is 0 Å². The molecule has 1 N–H and O–H groups in total. The van der Waals surface area contributed by atoms with Gasteiger partial charge in [0.1, 0.15) is 0 Å². The van der Waals surface area contributed by atoms with Crippen molar-refractivity contribution in [2.24, 2.45) is 5.92 Å². The van der Waals surface area contributed by atoms with Gasteiger partial charge in [0.25, 0.3) is 0 Å². The first-order valence-electron chi connectivity index (χ1n) is 8.48. The molecule has 2 aromatic carbocycles. The summed E-state index contributed by atoms with van der Waals surface area (Å²) in [4.78, 5) is 22.6. The third-order valence-corrected chi connectivity index (χ3v) is 6.97. The molecule has 0 spiro atoms. The molecule has 0 aromatic heterocycles. The highest BCUT2D eigenvalue weighted by atomic mass is 28.4. The number of ether oxygens (including phenoxy) is 1. The minimum absolute atomic E-state index is 0.131. The minimum Gasteiger partial charge on any atom is -0.465 e. The normalized spacial score (nSPS) is 13.9. The number of hydrogen-bond donors (Lipinski definition) is 1. The van der Waals surface area contributed by atoms with Gasteiger partial charge < -0.3 is 14.0 Å². The zero-order valence-electron chi connectivity index (χ0n) is 14.6. The van der Waals surface area contributed by atoms with Crippen LogP contribution in [0.3, 0.4) is 0 Å². The van der Waals surface area contributed by atoms with E-state index in [4.69, 9.17) is 9.16 Å². The predicted octanol–water partition coefficient (Wildman–Crippen LogP) is 3.11. The van der Waals surface area contributed by atoms with Gasteiger partial charge in [-0.3, -0.25) is 4.79 Å². The Balaban J connectivity index is 2.08. The van der Waals surface area contributed by atoms with Crippen LogP contribution in [-0.2, 0) is 14.0 Å². The summed E-state index contributed by atoms with van der Waals surface area (Å²) in [6.45, 7) is 6.28. The second-order valence-corrected chi connectivity index (χ2v) is 9.14. The molecule has 0 heterocycles. The Bertz CT molecular complexity index is 686. The average Bonchev–Trinajstić information content (AvgIpc) is 2.58. The van der Waals surface area contributed by atoms with Crippen molar-refractivity contribution in [1.82, 2.24) is 0 Å². The lowest BCUT2D eigenvalue weighted by atomic mass is 10.1. The van der Waals surface area contributed by atoms with Crippen molar-refractivity contribution in [2.75, 3.05) is 13.2 Å². The molecule has 2 aromatic rings. The monoisotopic (exact) mass is 346 g/mol. The van der Waals surface area contributed by atoms with Crippen LogP contribution in [0.25, 0.3) is 10.8 Å². The number of rotatable bonds is 8. The van der Waals surface area contributed by atoms with Gasteiger partial charge in [-0.2, -0.15) is 0 Å². The van der Waals surface area contributed by atoms with Crippen LogP contribution >= 0.6 is 0 Å². The predicted molar refractivity (Wildman–Crippen MR) is 98.4 cm³/mol. The maximum Gasteiger partial charge on any atom is 0.369 e. The summed E-state index contributed by atoms with van der Waals surface area (Å²) < 4.78 is 11.0. The molecule has 1 unspecified atom stereocenters. The number of benzene rings is 2. The van der Waals surface area contributed by atoms with Crippen LogP contribution in [-0.4, -0.2) is 32.5 Å². The molecule has 0 aliphatic rings. The zero-order chi connectivity index (χ0) is 17.6. The molecule has 0 aliphatic carbocycles. The number of fused-ring (bicyclic) bond motifs is 1. The van der Waals surface area contributed by atoms with Crippen LogP contribution in [0.2, 0.25) is 6.04 Å². The van der Waals surface area contributed by atoms with E-state index in [0.717, 1.165) is 16.0 Å². The fraction of sp³-hybridized carbons (Fsp3) is 0.421. The summed E-state index contributed by atoms with van der Waals surface area (Å²) in [5.74, 6) is -0.337. The Labute approximate surface area is 144 Å². The van der Waals surface area contributed by atoms with Gasteiger partial charge in [-0.1, -0.05) is 56.3 Å². The van der Waals surface area contributed by atoms with Gasteiger partial charge in [0.05, 0.1) is 12.5 Å². The lowest BCUT2D eigenvalue weighted by molar-refractivity contribution is -0.147. The van der Waals surface area contributed by atoms with E-state index in [2.05, 4.69) is 0 Å². The standard InChI is InChI=1S/C19H26O4Si/c1-4-23-24(21,13-7-12-22-19(20)15(2)3)18-11-10-16-8-5-6-9-17(16)14-18/h5-6,8-11,14-15,21H,4,7,12-13H2,1-3H3. The molecule has 0 saturated heterocycles. The lowest BCUT2D eigenvalue weighted by Crippen LogP contribution is -2.51. The summed E-state index contributed by atoms with van der Waals surface area (Å²) >= 11 is 0. The second kappa shape index (κ2) is 8.42. The van der Waals surface area contributed by atoms with E-state index in [9.17, 15) is 9.59 Å². The smallest absolute Gasteiger partial charge is 0.369 e. The molecule has 0 aliphatic heterocycles. The molecular weight excluding hydrogens is 320 g/mol. The Hall–Kier alpha value is -1.69. The van der Waals surface area contributed by atoms with E-state index in [1.807, 2.05) is 63.2 Å². The van der Waals surface area contributed by atoms with Crippen molar-refractivity contribution in [3.63, 3.8) is 0 Å². The number of hydrogen-bond acceptors (Lipinski definition) is 4. The third-order valence-electron chi connectivity index (χ3n) is 3.96. The zero-order valence-corrected chi connectivity index (χ0v) is 15.6. The molecule has 0 fully saturated rings. The van der Waals surface area contributed by atoms with Gasteiger partial charge in [-0.05, 0) is 35.3 Å². The molecule has 0 bridgehead atoms. The average molecular weight is 346 g/mol. The molecular formula is C19H26O4Si. The van der Waals surface area contributed by atoms with Crippen LogP contribution in [0.4, 0.5) is 0 Å². The molecule has 1 atom stereocenters. The van der Waals surface area contributed by atoms with Gasteiger partial charge in [0.2, 0.25) is 0 Å². The van der Waals surface area contributed by atoms with Crippen LogP contribution in [0.1, 0.15) is 27.2 Å². The van der Waals surface area contributed by atoms with Crippen molar-refractivity contribution in [2.45, 2.75) is 33.2 Å². The Morgan fingerprint density at radius 1 is 1.17 bits per heavy atom. The van der Waals surface area contributed by atoms with Crippen molar-refractivity contribution < 1.29 is 18.8 Å². The van der Waals surface area contributed by atoms with Crippen molar-refractivity contribution >= 4 is 30.5 Å². The Morgan fingerprint density at radius 2 is 1.88 bits per heavy atom. The van der Waals surface area contributed by atoms with Gasteiger partial charge in [0, 0.05) is 6.61 Å². The molecule has 5 heteroatoms. The van der Waals surface area contributed by atoms with E-state index in [1.54, 1.807) is 0 Å². The molecule has 2 rings (SSSR count). The molecule has 0 radical (unpaired) electrons. The van der Waals surface area contributed by atoms with Crippen LogP contribution < -0.4 is 5.19 Å². The highest BCUT2D eigenvalue weighted by Gasteiger charge is 2.35. The van der Waals surface area contributed by atoms with Crippen LogP contribution in [0, 0.1) is 5.92 Å². The van der Waals surface area contributed by atoms with Gasteiger partial charge in [-0.15, -0.1) is 0 Å². The van der Waals surface area contributed by atoms with E-state index >= 15 is 0 Å². The highest BCUT2D eigenvalue weighted by molar-refractivity contribution is 6.80. The minimum atomic E-state index is -3.03. The topological polar surface area (TPSA) is 55.8 Å². The maximum absolute atomic E-state index is 11.5. The van der Waals surface area contributed by atoms with E-state index in [0.29, 0.717) is 25.7 Å². The largest absolute Gasteiger partial charge is 0.465 e. The second-order valence-electron chi connectivity index (χ2n) is 6.21. The van der Waals surface area contributed by atoms with Gasteiger partial charge in [-0.25, -0.2) is 0 Å². The Kier molecular flexibility index (Phi) is 6.54. The highest BCUT2D eigenvalue weighted by Crippen LogP contribution is 2.17. The quantitative estimate of drug-likeness (QED) is 0.453.